The minimum absolute atomic E-state index is 0.0175. The number of imidazole rings is 1. The molecule has 2 aromatic rings. The van der Waals surface area contributed by atoms with Gasteiger partial charge in [-0.2, -0.15) is 5.26 Å². The van der Waals surface area contributed by atoms with Crippen molar-refractivity contribution in [3.8, 4) is 6.07 Å². The number of aliphatic hydroxyl groups is 1. The molecule has 2 N–H and O–H groups in total. The molecular weight excluding hydrogens is 467 g/mol. The third kappa shape index (κ3) is 4.08. The molecule has 144 valence electrons. The number of nitrogens with zero attached hydrogens (tertiary/aromatic N) is 3. The zero-order chi connectivity index (χ0) is 19.7. The molecule has 6 nitrogen and oxygen atoms in total. The fourth-order valence-electron chi connectivity index (χ4n) is 3.22. The van der Waals surface area contributed by atoms with E-state index in [1.54, 1.807) is 13.0 Å². The number of nitrogens with one attached hydrogen (secondary N) is 1. The molecule has 1 aliphatic carbocycles. The SMILES string of the molecule is CC(O)(CC(=O)Nc1nc2ccc(C#N)cc2n1CC1CC1)C1=IC=CC=C1. The second kappa shape index (κ2) is 7.60. The summed E-state index contributed by atoms with van der Waals surface area (Å²) in [7, 11) is 0. The minimum atomic E-state index is -1.17. The van der Waals surface area contributed by atoms with Crippen LogP contribution in [0.5, 0.6) is 0 Å². The fourth-order valence-corrected chi connectivity index (χ4v) is 5.33. The molecule has 1 fully saturated rings. The van der Waals surface area contributed by atoms with Gasteiger partial charge in [-0.1, -0.05) is 39.0 Å². The number of rotatable bonds is 6. The Bertz CT molecular complexity index is 1070. The Balaban J connectivity index is 1.59. The van der Waals surface area contributed by atoms with Gasteiger partial charge in [-0.15, -0.1) is 0 Å². The van der Waals surface area contributed by atoms with Crippen LogP contribution in [0, 0.1) is 17.2 Å². The zero-order valence-electron chi connectivity index (χ0n) is 15.5. The number of hydrogen-bond donors (Lipinski definition) is 2. The number of amides is 1. The maximum atomic E-state index is 12.7. The Morgan fingerprint density at radius 2 is 2.29 bits per heavy atom. The third-order valence-electron chi connectivity index (χ3n) is 4.89. The molecule has 1 unspecified atom stereocenters. The van der Waals surface area contributed by atoms with Gasteiger partial charge in [0.05, 0.1) is 29.1 Å². The number of benzene rings is 1. The van der Waals surface area contributed by atoms with E-state index < -0.39 is 26.3 Å². The van der Waals surface area contributed by atoms with Crippen molar-refractivity contribution in [2.24, 2.45) is 5.92 Å². The van der Waals surface area contributed by atoms with E-state index in [-0.39, 0.29) is 12.3 Å². The van der Waals surface area contributed by atoms with Gasteiger partial charge in [0, 0.05) is 10.1 Å². The highest BCUT2D eigenvalue weighted by Crippen LogP contribution is 2.34. The molecule has 28 heavy (non-hydrogen) atoms. The van der Waals surface area contributed by atoms with E-state index in [0.29, 0.717) is 17.4 Å². The van der Waals surface area contributed by atoms with Gasteiger partial charge in [0.2, 0.25) is 11.9 Å². The summed E-state index contributed by atoms with van der Waals surface area (Å²) >= 11 is -0.398. The van der Waals surface area contributed by atoms with Crippen LogP contribution >= 0.6 is 20.7 Å². The van der Waals surface area contributed by atoms with Crippen LogP contribution in [0.3, 0.4) is 0 Å². The lowest BCUT2D eigenvalue weighted by Crippen LogP contribution is -2.37. The van der Waals surface area contributed by atoms with Crippen LogP contribution in [0.4, 0.5) is 5.95 Å². The number of nitriles is 1. The molecule has 2 aliphatic rings. The number of allylic oxidation sites excluding steroid dienone is 2. The second-order valence-electron chi connectivity index (χ2n) is 7.44. The first-order valence-corrected chi connectivity index (χ1v) is 11.6. The predicted octanol–water partition coefficient (Wildman–Crippen LogP) is 3.62. The van der Waals surface area contributed by atoms with Gasteiger partial charge >= 0.3 is 0 Å². The van der Waals surface area contributed by atoms with Crippen molar-refractivity contribution in [1.29, 1.82) is 5.26 Å². The maximum Gasteiger partial charge on any atom is 0.229 e. The molecule has 1 saturated carbocycles. The zero-order valence-corrected chi connectivity index (χ0v) is 17.7. The number of aromatic nitrogens is 2. The summed E-state index contributed by atoms with van der Waals surface area (Å²) in [4.78, 5) is 17.3. The molecule has 1 amide bonds. The largest absolute Gasteiger partial charge is 0.384 e. The Kier molecular flexibility index (Phi) is 5.17. The second-order valence-corrected chi connectivity index (χ2v) is 9.94. The van der Waals surface area contributed by atoms with Crippen molar-refractivity contribution < 1.29 is 9.90 Å². The molecule has 0 saturated heterocycles. The number of fused-ring (bicyclic) bond motifs is 1. The molecule has 1 aliphatic heterocycles. The van der Waals surface area contributed by atoms with Gasteiger partial charge < -0.3 is 9.67 Å². The molecule has 1 atom stereocenters. The van der Waals surface area contributed by atoms with Crippen LogP contribution in [-0.2, 0) is 11.3 Å². The summed E-state index contributed by atoms with van der Waals surface area (Å²) in [6, 6.07) is 7.52. The predicted molar refractivity (Wildman–Crippen MR) is 118 cm³/mol. The van der Waals surface area contributed by atoms with Crippen LogP contribution in [0.25, 0.3) is 11.0 Å². The molecule has 1 aromatic heterocycles. The fraction of sp³-hybridized carbons (Fsp3) is 0.333. The molecule has 2 heterocycles. The summed E-state index contributed by atoms with van der Waals surface area (Å²) in [5, 5.41) is 22.9. The lowest BCUT2D eigenvalue weighted by molar-refractivity contribution is -0.118. The monoisotopic (exact) mass is 488 g/mol. The smallest absolute Gasteiger partial charge is 0.229 e. The molecule has 1 aromatic carbocycles. The number of anilines is 1. The van der Waals surface area contributed by atoms with Gasteiger partial charge in [0.25, 0.3) is 0 Å². The minimum Gasteiger partial charge on any atom is -0.384 e. The normalized spacial score (nSPS) is 18.1. The molecular formula is C21H21IN4O2. The van der Waals surface area contributed by atoms with Crippen LogP contribution in [0.1, 0.15) is 31.7 Å². The van der Waals surface area contributed by atoms with E-state index in [1.807, 2.05) is 34.9 Å². The maximum absolute atomic E-state index is 12.7. The summed E-state index contributed by atoms with van der Waals surface area (Å²) in [5.74, 6) is 0.801. The van der Waals surface area contributed by atoms with E-state index >= 15 is 0 Å². The standard InChI is InChI=1S/C21H21IN4O2/c1-21(28,18-4-2-3-9-22-18)11-19(27)25-20-24-16-8-7-15(12-23)10-17(16)26(20)13-14-5-6-14/h2-4,7-10,14,28H,5-6,11,13H2,1H3,(H,24,25,27). The summed E-state index contributed by atoms with van der Waals surface area (Å²) in [5.41, 5.74) is 1.01. The van der Waals surface area contributed by atoms with Crippen LogP contribution in [-0.4, -0.2) is 29.7 Å². The van der Waals surface area contributed by atoms with E-state index in [2.05, 4.69) is 20.5 Å². The molecule has 7 heteroatoms. The third-order valence-corrected chi connectivity index (χ3v) is 7.86. The van der Waals surface area contributed by atoms with Gasteiger partial charge in [-0.05, 0) is 48.0 Å². The lowest BCUT2D eigenvalue weighted by atomic mass is 9.97. The molecule has 0 bridgehead atoms. The van der Waals surface area contributed by atoms with Crippen molar-refractivity contribution >= 4 is 47.1 Å². The van der Waals surface area contributed by atoms with Crippen LogP contribution in [0.15, 0.2) is 40.5 Å². The van der Waals surface area contributed by atoms with E-state index in [0.717, 1.165) is 21.1 Å². The Labute approximate surface area is 173 Å². The van der Waals surface area contributed by atoms with Crippen molar-refractivity contribution in [3.63, 3.8) is 0 Å². The van der Waals surface area contributed by atoms with Crippen molar-refractivity contribution in [2.75, 3.05) is 5.32 Å². The molecule has 0 spiro atoms. The van der Waals surface area contributed by atoms with Crippen LogP contribution in [0.2, 0.25) is 0 Å². The van der Waals surface area contributed by atoms with Gasteiger partial charge in [-0.3, -0.25) is 10.1 Å². The van der Waals surface area contributed by atoms with Crippen molar-refractivity contribution in [2.45, 2.75) is 38.3 Å². The van der Waals surface area contributed by atoms with E-state index in [9.17, 15) is 15.2 Å². The number of carbonyl (C=O) groups is 1. The van der Waals surface area contributed by atoms with E-state index in [1.165, 1.54) is 12.8 Å². The number of carbonyl (C=O) groups excluding carboxylic acids is 1. The van der Waals surface area contributed by atoms with Gasteiger partial charge in [0.15, 0.2) is 0 Å². The lowest BCUT2D eigenvalue weighted by Gasteiger charge is -2.24. The van der Waals surface area contributed by atoms with E-state index in [4.69, 9.17) is 0 Å². The quantitative estimate of drug-likeness (QED) is 0.608. The average Bonchev–Trinajstić information content (AvgIpc) is 3.44. The summed E-state index contributed by atoms with van der Waals surface area (Å²) in [6.07, 6.45) is 8.10. The first-order chi connectivity index (χ1) is 13.5. The Hall–Kier alpha value is -2.31. The van der Waals surface area contributed by atoms with Crippen molar-refractivity contribution in [3.05, 3.63) is 46.1 Å². The first kappa shape index (κ1) is 19.0. The first-order valence-electron chi connectivity index (χ1n) is 9.23. The highest BCUT2D eigenvalue weighted by atomic mass is 127. The van der Waals surface area contributed by atoms with Gasteiger partial charge in [0.1, 0.15) is 5.60 Å². The number of halogens is 1. The topological polar surface area (TPSA) is 90.9 Å². The summed E-state index contributed by atoms with van der Waals surface area (Å²) < 4.78 is 4.99. The Morgan fingerprint density at radius 1 is 1.46 bits per heavy atom. The van der Waals surface area contributed by atoms with Gasteiger partial charge in [-0.25, -0.2) is 4.98 Å². The number of hydrogen-bond acceptors (Lipinski definition) is 4. The highest BCUT2D eigenvalue weighted by molar-refractivity contribution is 14.2. The molecule has 0 radical (unpaired) electrons. The van der Waals surface area contributed by atoms with Crippen LogP contribution < -0.4 is 5.32 Å². The summed E-state index contributed by atoms with van der Waals surface area (Å²) in [6.45, 7) is 2.46. The average molecular weight is 488 g/mol. The van der Waals surface area contributed by atoms with Crippen molar-refractivity contribution in [1.82, 2.24) is 9.55 Å². The Morgan fingerprint density at radius 3 is 2.96 bits per heavy atom. The molecule has 4 rings (SSSR count). The highest BCUT2D eigenvalue weighted by Gasteiger charge is 2.30.